The number of rotatable bonds is 3. The van der Waals surface area contributed by atoms with Crippen LogP contribution in [0.1, 0.15) is 17.1 Å². The van der Waals surface area contributed by atoms with E-state index in [1.54, 1.807) is 11.8 Å². The first-order valence-corrected chi connectivity index (χ1v) is 6.21. The lowest BCUT2D eigenvalue weighted by atomic mass is 10.4. The molecule has 0 aliphatic carbocycles. The molecule has 0 radical (unpaired) electrons. The zero-order valence-corrected chi connectivity index (χ0v) is 10.1. The van der Waals surface area contributed by atoms with Crippen molar-refractivity contribution in [1.29, 1.82) is 0 Å². The third kappa shape index (κ3) is 2.32. The molecule has 0 spiro atoms. The van der Waals surface area contributed by atoms with Crippen LogP contribution in [0, 0.1) is 13.8 Å². The van der Waals surface area contributed by atoms with Gasteiger partial charge < -0.3 is 10.2 Å². The number of hydrogen-bond donors (Lipinski definition) is 1. The van der Waals surface area contributed by atoms with E-state index in [0.29, 0.717) is 5.13 Å². The first-order chi connectivity index (χ1) is 7.16. The Morgan fingerprint density at radius 1 is 1.53 bits per heavy atom. The van der Waals surface area contributed by atoms with E-state index in [1.807, 2.05) is 13.8 Å². The zero-order valence-electron chi connectivity index (χ0n) is 8.48. The number of thiazole rings is 1. The van der Waals surface area contributed by atoms with Crippen molar-refractivity contribution in [2.24, 2.45) is 0 Å². The minimum absolute atomic E-state index is 0.617. The largest absolute Gasteiger partial charge is 0.448 e. The number of nitrogens with two attached hydrogens (primary N) is 1. The maximum absolute atomic E-state index is 5.62. The summed E-state index contributed by atoms with van der Waals surface area (Å²) < 4.78 is 6.28. The molecular weight excluding hydrogens is 230 g/mol. The molecule has 2 aromatic rings. The van der Waals surface area contributed by atoms with Gasteiger partial charge in [0.2, 0.25) is 0 Å². The van der Waals surface area contributed by atoms with E-state index in [-0.39, 0.29) is 0 Å². The number of aryl methyl sites for hydroxylation is 2. The van der Waals surface area contributed by atoms with Crippen LogP contribution in [-0.4, -0.2) is 9.97 Å². The van der Waals surface area contributed by atoms with Crippen molar-refractivity contribution in [2.75, 3.05) is 5.73 Å². The van der Waals surface area contributed by atoms with Crippen LogP contribution in [0.3, 0.4) is 0 Å². The topological polar surface area (TPSA) is 64.9 Å². The molecule has 0 aromatic carbocycles. The predicted molar refractivity (Wildman–Crippen MR) is 62.1 cm³/mol. The Bertz CT molecular complexity index is 464. The Labute approximate surface area is 95.9 Å². The molecule has 2 N–H and O–H groups in total. The fourth-order valence-electron chi connectivity index (χ4n) is 1.14. The molecule has 15 heavy (non-hydrogen) atoms. The number of aromatic nitrogens is 2. The second kappa shape index (κ2) is 4.24. The molecular formula is C9H11N3OS2. The fourth-order valence-corrected chi connectivity index (χ4v) is 3.17. The minimum atomic E-state index is 0.617. The summed E-state index contributed by atoms with van der Waals surface area (Å²) in [5.41, 5.74) is 7.59. The van der Waals surface area contributed by atoms with Gasteiger partial charge in [-0.05, 0) is 13.8 Å². The third-order valence-corrected chi connectivity index (χ3v) is 4.32. The number of thioether (sulfide) groups is 1. The molecule has 0 saturated heterocycles. The Balaban J connectivity index is 2.05. The predicted octanol–water partition coefficient (Wildman–Crippen LogP) is 2.62. The Morgan fingerprint density at radius 2 is 2.33 bits per heavy atom. The molecule has 2 heterocycles. The summed E-state index contributed by atoms with van der Waals surface area (Å²) in [6.07, 6.45) is 1.47. The van der Waals surface area contributed by atoms with Gasteiger partial charge in [-0.2, -0.15) is 0 Å². The summed E-state index contributed by atoms with van der Waals surface area (Å²) in [7, 11) is 0. The van der Waals surface area contributed by atoms with Gasteiger partial charge in [0, 0.05) is 5.75 Å². The number of oxazole rings is 1. The van der Waals surface area contributed by atoms with Crippen LogP contribution in [0.25, 0.3) is 0 Å². The van der Waals surface area contributed by atoms with E-state index < -0.39 is 0 Å². The van der Waals surface area contributed by atoms with Crippen LogP contribution >= 0.6 is 23.1 Å². The highest BCUT2D eigenvalue weighted by Crippen LogP contribution is 2.32. The summed E-state index contributed by atoms with van der Waals surface area (Å²) in [6.45, 7) is 3.88. The van der Waals surface area contributed by atoms with Crippen LogP contribution in [-0.2, 0) is 5.75 Å². The van der Waals surface area contributed by atoms with E-state index in [4.69, 9.17) is 10.2 Å². The van der Waals surface area contributed by atoms with Crippen molar-refractivity contribution in [1.82, 2.24) is 9.97 Å². The Kier molecular flexibility index (Phi) is 2.97. The van der Waals surface area contributed by atoms with Crippen molar-refractivity contribution < 1.29 is 4.42 Å². The maximum atomic E-state index is 5.62. The van der Waals surface area contributed by atoms with Gasteiger partial charge in [-0.1, -0.05) is 11.3 Å². The molecule has 4 nitrogen and oxygen atoms in total. The SMILES string of the molecule is Cc1nc(N)sc1SCc1ncoc1C. The summed E-state index contributed by atoms with van der Waals surface area (Å²) in [5, 5.41) is 0.617. The number of nitrogen functional groups attached to an aromatic ring is 1. The highest BCUT2D eigenvalue weighted by molar-refractivity contribution is 8.00. The summed E-state index contributed by atoms with van der Waals surface area (Å²) >= 11 is 3.21. The zero-order chi connectivity index (χ0) is 10.8. The van der Waals surface area contributed by atoms with Gasteiger partial charge in [-0.15, -0.1) is 11.8 Å². The number of hydrogen-bond acceptors (Lipinski definition) is 6. The summed E-state index contributed by atoms with van der Waals surface area (Å²) in [5.74, 6) is 1.67. The molecule has 0 aliphatic heterocycles. The molecule has 6 heteroatoms. The van der Waals surface area contributed by atoms with Crippen LogP contribution in [0.4, 0.5) is 5.13 Å². The normalized spacial score (nSPS) is 10.8. The van der Waals surface area contributed by atoms with Crippen LogP contribution < -0.4 is 5.73 Å². The van der Waals surface area contributed by atoms with Crippen molar-refractivity contribution in [3.8, 4) is 0 Å². The molecule has 0 amide bonds. The minimum Gasteiger partial charge on any atom is -0.448 e. The van der Waals surface area contributed by atoms with Gasteiger partial charge in [-0.3, -0.25) is 0 Å². The molecule has 0 bridgehead atoms. The van der Waals surface area contributed by atoms with Crippen molar-refractivity contribution >= 4 is 28.2 Å². The van der Waals surface area contributed by atoms with Crippen LogP contribution in [0.15, 0.2) is 15.0 Å². The quantitative estimate of drug-likeness (QED) is 0.837. The molecule has 0 aliphatic rings. The van der Waals surface area contributed by atoms with Gasteiger partial charge in [0.1, 0.15) is 5.76 Å². The lowest BCUT2D eigenvalue weighted by Crippen LogP contribution is -1.83. The monoisotopic (exact) mass is 241 g/mol. The molecule has 2 aromatic heterocycles. The second-order valence-corrected chi connectivity index (χ2v) is 5.34. The number of anilines is 1. The number of nitrogens with zero attached hydrogens (tertiary/aromatic N) is 2. The van der Waals surface area contributed by atoms with Crippen molar-refractivity contribution in [3.05, 3.63) is 23.5 Å². The first kappa shape index (κ1) is 10.5. The van der Waals surface area contributed by atoms with Gasteiger partial charge >= 0.3 is 0 Å². The summed E-state index contributed by atoms with van der Waals surface area (Å²) in [4.78, 5) is 8.30. The van der Waals surface area contributed by atoms with Gasteiger partial charge in [0.05, 0.1) is 15.6 Å². The Morgan fingerprint density at radius 3 is 2.87 bits per heavy atom. The molecule has 2 rings (SSSR count). The highest BCUT2D eigenvalue weighted by Gasteiger charge is 2.09. The van der Waals surface area contributed by atoms with E-state index in [2.05, 4.69) is 9.97 Å². The van der Waals surface area contributed by atoms with Crippen molar-refractivity contribution in [3.63, 3.8) is 0 Å². The van der Waals surface area contributed by atoms with Crippen molar-refractivity contribution in [2.45, 2.75) is 23.8 Å². The average molecular weight is 241 g/mol. The lowest BCUT2D eigenvalue weighted by molar-refractivity contribution is 0.525. The van der Waals surface area contributed by atoms with Crippen LogP contribution in [0.2, 0.25) is 0 Å². The standard InChI is InChI=1S/C9H11N3OS2/c1-5-8(15-9(10)12-5)14-3-7-6(2)13-4-11-7/h4H,3H2,1-2H3,(H2,10,12). The fraction of sp³-hybridized carbons (Fsp3) is 0.333. The molecule has 0 unspecified atom stereocenters. The molecule has 0 atom stereocenters. The van der Waals surface area contributed by atoms with Gasteiger partial charge in [-0.25, -0.2) is 9.97 Å². The smallest absolute Gasteiger partial charge is 0.181 e. The highest BCUT2D eigenvalue weighted by atomic mass is 32.2. The average Bonchev–Trinajstić information content (AvgIpc) is 2.70. The van der Waals surface area contributed by atoms with Gasteiger partial charge in [0.25, 0.3) is 0 Å². The van der Waals surface area contributed by atoms with E-state index >= 15 is 0 Å². The first-order valence-electron chi connectivity index (χ1n) is 4.41. The van der Waals surface area contributed by atoms with E-state index in [9.17, 15) is 0 Å². The maximum Gasteiger partial charge on any atom is 0.181 e. The summed E-state index contributed by atoms with van der Waals surface area (Å²) in [6, 6.07) is 0. The van der Waals surface area contributed by atoms with E-state index in [1.165, 1.54) is 17.7 Å². The lowest BCUT2D eigenvalue weighted by Gasteiger charge is -1.96. The molecule has 0 fully saturated rings. The van der Waals surface area contributed by atoms with Gasteiger partial charge in [0.15, 0.2) is 11.5 Å². The molecule has 0 saturated carbocycles. The molecule has 80 valence electrons. The van der Waals surface area contributed by atoms with E-state index in [0.717, 1.165) is 27.1 Å². The third-order valence-electron chi connectivity index (χ3n) is 1.95. The second-order valence-electron chi connectivity index (χ2n) is 3.07. The van der Waals surface area contributed by atoms with Crippen LogP contribution in [0.5, 0.6) is 0 Å². The Hall–Kier alpha value is -1.01.